The minimum atomic E-state index is 1.08. The van der Waals surface area contributed by atoms with Crippen molar-refractivity contribution in [3.05, 3.63) is 23.8 Å². The average Bonchev–Trinajstić information content (AvgIpc) is 2.83. The molecule has 0 atom stereocenters. The molecule has 0 aliphatic rings. The van der Waals surface area contributed by atoms with E-state index in [0.717, 1.165) is 6.54 Å². The lowest BCUT2D eigenvalue weighted by Gasteiger charge is -2.01. The first-order chi connectivity index (χ1) is 8.99. The number of aryl methyl sites for hydroxylation is 2. The van der Waals surface area contributed by atoms with E-state index < -0.39 is 0 Å². The normalized spacial score (nSPS) is 11.3. The largest absolute Gasteiger partial charge is 0.373 e. The van der Waals surface area contributed by atoms with Crippen LogP contribution in [0, 0.1) is 13.8 Å². The summed E-state index contributed by atoms with van der Waals surface area (Å²) in [6.45, 7) is 7.67. The molecule has 0 bridgehead atoms. The van der Waals surface area contributed by atoms with E-state index in [1.54, 1.807) is 0 Å². The Balaban J connectivity index is 2.59. The van der Waals surface area contributed by atoms with Crippen LogP contribution in [0.25, 0.3) is 11.6 Å². The van der Waals surface area contributed by atoms with Gasteiger partial charge in [-0.3, -0.25) is 0 Å². The van der Waals surface area contributed by atoms with E-state index in [9.17, 15) is 0 Å². The smallest absolute Gasteiger partial charge is 0.226 e. The van der Waals surface area contributed by atoms with Gasteiger partial charge in [-0.25, -0.2) is 18.3 Å². The lowest BCUT2D eigenvalue weighted by atomic mass is 10.3. The Morgan fingerprint density at radius 1 is 1.16 bits per heavy atom. The van der Waals surface area contributed by atoms with Gasteiger partial charge in [-0.1, -0.05) is 13.3 Å². The van der Waals surface area contributed by atoms with E-state index >= 15 is 0 Å². The molecule has 0 saturated carbocycles. The second-order valence-electron chi connectivity index (χ2n) is 5.39. The van der Waals surface area contributed by atoms with Crippen molar-refractivity contribution in [2.75, 3.05) is 0 Å². The summed E-state index contributed by atoms with van der Waals surface area (Å²) in [6.07, 6.45) is 6.76. The third-order valence-electron chi connectivity index (χ3n) is 4.19. The molecular formula is C15H26N4+2. The van der Waals surface area contributed by atoms with Crippen molar-refractivity contribution in [2.45, 2.75) is 40.2 Å². The summed E-state index contributed by atoms with van der Waals surface area (Å²) in [4.78, 5) is 0. The SMILES string of the molecule is CCCCn1cc[n+](C)c1-c1n(C)c(C)c(C)[n+]1C. The van der Waals surface area contributed by atoms with Crippen molar-refractivity contribution in [2.24, 2.45) is 21.1 Å². The molecule has 0 aliphatic carbocycles. The van der Waals surface area contributed by atoms with Crippen LogP contribution in [-0.2, 0) is 27.7 Å². The highest BCUT2D eigenvalue weighted by Crippen LogP contribution is 2.16. The molecule has 19 heavy (non-hydrogen) atoms. The van der Waals surface area contributed by atoms with Crippen LogP contribution in [0.15, 0.2) is 12.4 Å². The van der Waals surface area contributed by atoms with Crippen LogP contribution in [-0.4, -0.2) is 9.13 Å². The molecule has 0 aliphatic heterocycles. The molecule has 0 unspecified atom stereocenters. The maximum atomic E-state index is 2.36. The van der Waals surface area contributed by atoms with E-state index in [4.69, 9.17) is 0 Å². The number of nitrogens with zero attached hydrogens (tertiary/aromatic N) is 4. The van der Waals surface area contributed by atoms with Crippen molar-refractivity contribution in [1.29, 1.82) is 0 Å². The molecule has 0 fully saturated rings. The number of rotatable bonds is 4. The zero-order valence-corrected chi connectivity index (χ0v) is 13.1. The maximum Gasteiger partial charge on any atom is 0.373 e. The third-order valence-corrected chi connectivity index (χ3v) is 4.19. The van der Waals surface area contributed by atoms with Crippen LogP contribution in [0.1, 0.15) is 31.2 Å². The molecule has 0 saturated heterocycles. The molecule has 0 N–H and O–H groups in total. The maximum absolute atomic E-state index is 2.36. The highest BCUT2D eigenvalue weighted by Gasteiger charge is 2.32. The van der Waals surface area contributed by atoms with E-state index in [0.29, 0.717) is 0 Å². The predicted molar refractivity (Wildman–Crippen MR) is 75.6 cm³/mol. The van der Waals surface area contributed by atoms with E-state index in [2.05, 4.69) is 72.6 Å². The summed E-state index contributed by atoms with van der Waals surface area (Å²) in [6, 6.07) is 0. The second-order valence-corrected chi connectivity index (χ2v) is 5.39. The molecule has 104 valence electrons. The molecule has 2 heterocycles. The summed E-state index contributed by atoms with van der Waals surface area (Å²) in [5, 5.41) is 0. The van der Waals surface area contributed by atoms with Gasteiger partial charge >= 0.3 is 11.6 Å². The Kier molecular flexibility index (Phi) is 3.78. The molecule has 0 spiro atoms. The molecule has 4 nitrogen and oxygen atoms in total. The standard InChI is InChI=1S/C15H26N4/c1-7-8-9-19-11-10-16(4)14(19)15-17(5)12(2)13(3)18(15)6/h10-11H,7-9H2,1-6H3/q+2. The summed E-state index contributed by atoms with van der Waals surface area (Å²) in [5.41, 5.74) is 2.64. The molecule has 2 aromatic rings. The Labute approximate surface area is 115 Å². The van der Waals surface area contributed by atoms with Crippen molar-refractivity contribution in [1.82, 2.24) is 9.13 Å². The Hall–Kier alpha value is -1.58. The predicted octanol–water partition coefficient (Wildman–Crippen LogP) is 1.56. The number of hydrogen-bond acceptors (Lipinski definition) is 0. The first-order valence-corrected chi connectivity index (χ1v) is 7.06. The van der Waals surface area contributed by atoms with Gasteiger partial charge < -0.3 is 0 Å². The van der Waals surface area contributed by atoms with Gasteiger partial charge in [0.1, 0.15) is 23.8 Å². The number of imidazole rings is 2. The van der Waals surface area contributed by atoms with Crippen molar-refractivity contribution in [3.8, 4) is 11.6 Å². The highest BCUT2D eigenvalue weighted by atomic mass is 15.2. The van der Waals surface area contributed by atoms with Crippen LogP contribution in [0.4, 0.5) is 0 Å². The number of hydrogen-bond donors (Lipinski definition) is 0. The molecule has 2 rings (SSSR count). The Morgan fingerprint density at radius 3 is 2.37 bits per heavy atom. The van der Waals surface area contributed by atoms with Gasteiger partial charge in [0.15, 0.2) is 0 Å². The van der Waals surface area contributed by atoms with E-state index in [1.807, 2.05) is 0 Å². The van der Waals surface area contributed by atoms with E-state index in [-0.39, 0.29) is 0 Å². The first kappa shape index (κ1) is 13.8. The van der Waals surface area contributed by atoms with Crippen LogP contribution < -0.4 is 9.13 Å². The molecule has 0 amide bonds. The molecule has 0 aromatic carbocycles. The van der Waals surface area contributed by atoms with Crippen molar-refractivity contribution >= 4 is 0 Å². The summed E-state index contributed by atoms with van der Waals surface area (Å²) in [5.74, 6) is 2.54. The minimum Gasteiger partial charge on any atom is -0.226 e. The number of unbranched alkanes of at least 4 members (excludes halogenated alkanes) is 1. The quantitative estimate of drug-likeness (QED) is 0.744. The van der Waals surface area contributed by atoms with Gasteiger partial charge in [0.25, 0.3) is 0 Å². The zero-order valence-electron chi connectivity index (χ0n) is 13.1. The average molecular weight is 262 g/mol. The number of aromatic nitrogens is 4. The minimum absolute atomic E-state index is 1.08. The summed E-state index contributed by atoms with van der Waals surface area (Å²) in [7, 11) is 6.42. The molecule has 0 radical (unpaired) electrons. The highest BCUT2D eigenvalue weighted by molar-refractivity contribution is 5.38. The van der Waals surface area contributed by atoms with Crippen molar-refractivity contribution in [3.63, 3.8) is 0 Å². The van der Waals surface area contributed by atoms with Gasteiger partial charge in [0.2, 0.25) is 0 Å². The van der Waals surface area contributed by atoms with Crippen LogP contribution in [0.2, 0.25) is 0 Å². The van der Waals surface area contributed by atoms with E-state index in [1.165, 1.54) is 35.9 Å². The van der Waals surface area contributed by atoms with Gasteiger partial charge in [-0.15, -0.1) is 0 Å². The fraction of sp³-hybridized carbons (Fsp3) is 0.600. The Morgan fingerprint density at radius 2 is 1.84 bits per heavy atom. The van der Waals surface area contributed by atoms with Gasteiger partial charge in [0, 0.05) is 13.8 Å². The fourth-order valence-electron chi connectivity index (χ4n) is 2.65. The summed E-state index contributed by atoms with van der Waals surface area (Å²) >= 11 is 0. The lowest BCUT2D eigenvalue weighted by Crippen LogP contribution is -2.39. The van der Waals surface area contributed by atoms with Gasteiger partial charge in [-0.05, 0) is 6.42 Å². The first-order valence-electron chi connectivity index (χ1n) is 7.06. The van der Waals surface area contributed by atoms with Crippen LogP contribution in [0.5, 0.6) is 0 Å². The topological polar surface area (TPSA) is 17.6 Å². The van der Waals surface area contributed by atoms with Crippen molar-refractivity contribution < 1.29 is 9.13 Å². The zero-order chi connectivity index (χ0) is 14.2. The Bertz CT molecular complexity index is 564. The lowest BCUT2D eigenvalue weighted by molar-refractivity contribution is -0.693. The van der Waals surface area contributed by atoms with Gasteiger partial charge in [0.05, 0.1) is 27.7 Å². The third kappa shape index (κ3) is 2.20. The monoisotopic (exact) mass is 262 g/mol. The van der Waals surface area contributed by atoms with Gasteiger partial charge in [-0.2, -0.15) is 0 Å². The summed E-state index contributed by atoms with van der Waals surface area (Å²) < 4.78 is 9.14. The fourth-order valence-corrected chi connectivity index (χ4v) is 2.65. The molecular weight excluding hydrogens is 236 g/mol. The molecule has 4 heteroatoms. The molecule has 2 aromatic heterocycles. The second kappa shape index (κ2) is 5.19. The van der Waals surface area contributed by atoms with Crippen LogP contribution >= 0.6 is 0 Å². The van der Waals surface area contributed by atoms with Crippen LogP contribution in [0.3, 0.4) is 0 Å².